The number of amides is 3. The molecule has 3 aromatic carbocycles. The zero-order valence-electron chi connectivity index (χ0n) is 19.1. The smallest absolute Gasteiger partial charge is 0.256 e. The number of halogens is 1. The monoisotopic (exact) mass is 475 g/mol. The molecule has 1 atom stereocenters. The average molecular weight is 476 g/mol. The zero-order valence-corrected chi connectivity index (χ0v) is 19.9. The molecule has 1 aliphatic heterocycles. The highest BCUT2D eigenvalue weighted by atomic mass is 35.5. The van der Waals surface area contributed by atoms with Gasteiger partial charge in [-0.15, -0.1) is 0 Å². The maximum atomic E-state index is 13.1. The minimum absolute atomic E-state index is 0.0986. The van der Waals surface area contributed by atoms with Gasteiger partial charge < -0.3 is 15.1 Å². The van der Waals surface area contributed by atoms with E-state index in [0.29, 0.717) is 28.5 Å². The lowest BCUT2D eigenvalue weighted by Crippen LogP contribution is -2.30. The lowest BCUT2D eigenvalue weighted by atomic mass is 10.1. The van der Waals surface area contributed by atoms with Crippen molar-refractivity contribution in [3.05, 3.63) is 94.5 Å². The van der Waals surface area contributed by atoms with E-state index in [0.717, 1.165) is 11.1 Å². The van der Waals surface area contributed by atoms with Crippen LogP contribution in [0.1, 0.15) is 27.9 Å². The molecule has 6 nitrogen and oxygen atoms in total. The molecule has 3 amide bonds. The third kappa shape index (κ3) is 5.13. The summed E-state index contributed by atoms with van der Waals surface area (Å²) in [5, 5.41) is 3.45. The standard InChI is InChI=1S/C27H26ClN3O3/c1-18-12-13-21(15-23(18)28)31-17-20(14-25(31)32)26(33)29-24-11-7-6-10-22(24)27(34)30(2)16-19-8-4-3-5-9-19/h3-13,15,20H,14,16-17H2,1-2H3,(H,29,33). The van der Waals surface area contributed by atoms with Gasteiger partial charge in [0.1, 0.15) is 0 Å². The van der Waals surface area contributed by atoms with Gasteiger partial charge in [0.05, 0.1) is 17.2 Å². The quantitative estimate of drug-likeness (QED) is 0.550. The maximum absolute atomic E-state index is 13.1. The number of para-hydroxylation sites is 1. The van der Waals surface area contributed by atoms with Gasteiger partial charge in [-0.05, 0) is 42.3 Å². The van der Waals surface area contributed by atoms with Crippen molar-refractivity contribution in [3.8, 4) is 0 Å². The van der Waals surface area contributed by atoms with Gasteiger partial charge in [-0.3, -0.25) is 14.4 Å². The van der Waals surface area contributed by atoms with E-state index in [1.807, 2.05) is 49.4 Å². The molecule has 34 heavy (non-hydrogen) atoms. The highest BCUT2D eigenvalue weighted by molar-refractivity contribution is 6.31. The SMILES string of the molecule is Cc1ccc(N2CC(C(=O)Nc3ccccc3C(=O)N(C)Cc3ccccc3)CC2=O)cc1Cl. The molecule has 1 aliphatic rings. The van der Waals surface area contributed by atoms with Crippen LogP contribution < -0.4 is 10.2 Å². The van der Waals surface area contributed by atoms with E-state index in [-0.39, 0.29) is 30.7 Å². The van der Waals surface area contributed by atoms with Crippen LogP contribution in [0.25, 0.3) is 0 Å². The fraction of sp³-hybridized carbons (Fsp3) is 0.222. The topological polar surface area (TPSA) is 69.7 Å². The van der Waals surface area contributed by atoms with E-state index >= 15 is 0 Å². The van der Waals surface area contributed by atoms with Crippen molar-refractivity contribution in [1.82, 2.24) is 4.90 Å². The van der Waals surface area contributed by atoms with Crippen molar-refractivity contribution >= 4 is 40.7 Å². The molecule has 3 aromatic rings. The van der Waals surface area contributed by atoms with Gasteiger partial charge >= 0.3 is 0 Å². The van der Waals surface area contributed by atoms with E-state index in [1.165, 1.54) is 0 Å². The van der Waals surface area contributed by atoms with E-state index in [4.69, 9.17) is 11.6 Å². The lowest BCUT2D eigenvalue weighted by Gasteiger charge is -2.20. The van der Waals surface area contributed by atoms with Crippen LogP contribution in [-0.4, -0.2) is 36.2 Å². The Kier molecular flexibility index (Phi) is 6.98. The summed E-state index contributed by atoms with van der Waals surface area (Å²) >= 11 is 6.22. The largest absolute Gasteiger partial charge is 0.337 e. The number of carbonyl (C=O) groups is 3. The molecular weight excluding hydrogens is 450 g/mol. The minimum Gasteiger partial charge on any atom is -0.337 e. The Morgan fingerprint density at radius 3 is 2.50 bits per heavy atom. The van der Waals surface area contributed by atoms with E-state index in [9.17, 15) is 14.4 Å². The van der Waals surface area contributed by atoms with Crippen LogP contribution in [0.2, 0.25) is 5.02 Å². The number of aryl methyl sites for hydroxylation is 1. The number of benzene rings is 3. The fourth-order valence-electron chi connectivity index (χ4n) is 4.03. The summed E-state index contributed by atoms with van der Waals surface area (Å²) in [6, 6.07) is 22.1. The van der Waals surface area contributed by atoms with Crippen LogP contribution >= 0.6 is 11.6 Å². The van der Waals surface area contributed by atoms with Gasteiger partial charge in [-0.25, -0.2) is 0 Å². The van der Waals surface area contributed by atoms with Gasteiger partial charge in [0, 0.05) is 37.3 Å². The van der Waals surface area contributed by atoms with Crippen molar-refractivity contribution in [2.75, 3.05) is 23.8 Å². The highest BCUT2D eigenvalue weighted by Gasteiger charge is 2.35. The second-order valence-electron chi connectivity index (χ2n) is 8.52. The molecule has 1 unspecified atom stereocenters. The molecule has 7 heteroatoms. The summed E-state index contributed by atoms with van der Waals surface area (Å²) in [6.07, 6.45) is 0.0986. The Bertz CT molecular complexity index is 1230. The molecule has 1 saturated heterocycles. The van der Waals surface area contributed by atoms with Crippen molar-refractivity contribution in [3.63, 3.8) is 0 Å². The van der Waals surface area contributed by atoms with Crippen LogP contribution in [0.5, 0.6) is 0 Å². The van der Waals surface area contributed by atoms with Gasteiger partial charge in [-0.2, -0.15) is 0 Å². The number of hydrogen-bond donors (Lipinski definition) is 1. The number of nitrogens with one attached hydrogen (secondary N) is 1. The molecule has 0 aliphatic carbocycles. The number of nitrogens with zero attached hydrogens (tertiary/aromatic N) is 2. The van der Waals surface area contributed by atoms with Crippen molar-refractivity contribution in [2.24, 2.45) is 5.92 Å². The van der Waals surface area contributed by atoms with E-state index in [2.05, 4.69) is 5.32 Å². The maximum Gasteiger partial charge on any atom is 0.256 e. The second kappa shape index (κ2) is 10.1. The number of carbonyl (C=O) groups excluding carboxylic acids is 3. The predicted octanol–water partition coefficient (Wildman–Crippen LogP) is 4.91. The first-order valence-corrected chi connectivity index (χ1v) is 11.5. The normalized spacial score (nSPS) is 15.3. The molecule has 0 radical (unpaired) electrons. The highest BCUT2D eigenvalue weighted by Crippen LogP contribution is 2.30. The van der Waals surface area contributed by atoms with Crippen molar-refractivity contribution in [2.45, 2.75) is 19.9 Å². The molecule has 0 aromatic heterocycles. The number of hydrogen-bond acceptors (Lipinski definition) is 3. The van der Waals surface area contributed by atoms with Crippen LogP contribution in [0, 0.1) is 12.8 Å². The summed E-state index contributed by atoms with van der Waals surface area (Å²) in [6.45, 7) is 2.60. The van der Waals surface area contributed by atoms with Gasteiger partial charge in [0.25, 0.3) is 5.91 Å². The zero-order chi connectivity index (χ0) is 24.2. The Morgan fingerprint density at radius 1 is 1.06 bits per heavy atom. The molecule has 1 fully saturated rings. The summed E-state index contributed by atoms with van der Waals surface area (Å²) in [5.41, 5.74) is 3.45. The Labute approximate surface area is 204 Å². The fourth-order valence-corrected chi connectivity index (χ4v) is 4.21. The van der Waals surface area contributed by atoms with Gasteiger partial charge in [-0.1, -0.05) is 60.1 Å². The summed E-state index contributed by atoms with van der Waals surface area (Å²) in [4.78, 5) is 42.0. The Hall–Kier alpha value is -3.64. The molecule has 1 N–H and O–H groups in total. The molecule has 0 spiro atoms. The number of anilines is 2. The van der Waals surface area contributed by atoms with Crippen LogP contribution in [0.15, 0.2) is 72.8 Å². The molecule has 0 saturated carbocycles. The summed E-state index contributed by atoms with van der Waals surface area (Å²) < 4.78 is 0. The third-order valence-corrected chi connectivity index (χ3v) is 6.39. The predicted molar refractivity (Wildman–Crippen MR) is 134 cm³/mol. The molecular formula is C27H26ClN3O3. The Balaban J connectivity index is 1.46. The molecule has 1 heterocycles. The van der Waals surface area contributed by atoms with Gasteiger partial charge in [0.2, 0.25) is 11.8 Å². The van der Waals surface area contributed by atoms with Crippen LogP contribution in [0.4, 0.5) is 11.4 Å². The van der Waals surface area contributed by atoms with Crippen molar-refractivity contribution in [1.29, 1.82) is 0 Å². The first-order chi connectivity index (χ1) is 16.3. The first-order valence-electron chi connectivity index (χ1n) is 11.1. The summed E-state index contributed by atoms with van der Waals surface area (Å²) in [7, 11) is 1.73. The first kappa shape index (κ1) is 23.5. The molecule has 174 valence electrons. The second-order valence-corrected chi connectivity index (χ2v) is 8.93. The molecule has 4 rings (SSSR count). The van der Waals surface area contributed by atoms with Crippen molar-refractivity contribution < 1.29 is 14.4 Å². The van der Waals surface area contributed by atoms with E-state index in [1.54, 1.807) is 47.2 Å². The minimum atomic E-state index is -0.530. The summed E-state index contributed by atoms with van der Waals surface area (Å²) in [5.74, 6) is -1.15. The third-order valence-electron chi connectivity index (χ3n) is 5.99. The Morgan fingerprint density at radius 2 is 1.76 bits per heavy atom. The van der Waals surface area contributed by atoms with Crippen LogP contribution in [-0.2, 0) is 16.1 Å². The van der Waals surface area contributed by atoms with Crippen LogP contribution in [0.3, 0.4) is 0 Å². The van der Waals surface area contributed by atoms with E-state index < -0.39 is 5.92 Å². The lowest BCUT2D eigenvalue weighted by molar-refractivity contribution is -0.122. The average Bonchev–Trinajstić information content (AvgIpc) is 3.23. The number of rotatable bonds is 6. The van der Waals surface area contributed by atoms with Gasteiger partial charge in [0.15, 0.2) is 0 Å². The molecule has 0 bridgehead atoms.